The average molecular weight is 236 g/mol. The molecule has 3 aromatic rings. The van der Waals surface area contributed by atoms with E-state index in [1.165, 1.54) is 6.07 Å². The van der Waals surface area contributed by atoms with Crippen LogP contribution in [0.25, 0.3) is 21.9 Å². The molecule has 3 rings (SSSR count). The highest BCUT2D eigenvalue weighted by molar-refractivity contribution is 6.39. The summed E-state index contributed by atoms with van der Waals surface area (Å²) in [4.78, 5) is 4.31. The molecule has 0 bridgehead atoms. The monoisotopic (exact) mass is 235 g/mol. The zero-order valence-electron chi connectivity index (χ0n) is 8.41. The molecule has 0 fully saturated rings. The first kappa shape index (κ1) is 9.54. The molecule has 3 nitrogen and oxygen atoms in total. The van der Waals surface area contributed by atoms with Crippen molar-refractivity contribution in [1.29, 1.82) is 0 Å². The van der Waals surface area contributed by atoms with Gasteiger partial charge < -0.3 is 0 Å². The standard InChI is InChI=1S/C11H7ClFN3/c1-16-11-8(5-14-16)15-7-4-2-3-6(13)9(7)10(11)12/h2-5H,1H3. The summed E-state index contributed by atoms with van der Waals surface area (Å²) >= 11 is 6.19. The lowest BCUT2D eigenvalue weighted by molar-refractivity contribution is 0.639. The highest BCUT2D eigenvalue weighted by atomic mass is 35.5. The van der Waals surface area contributed by atoms with E-state index in [2.05, 4.69) is 10.1 Å². The molecule has 2 aromatic heterocycles. The second kappa shape index (κ2) is 3.15. The number of aromatic nitrogens is 3. The van der Waals surface area contributed by atoms with Gasteiger partial charge >= 0.3 is 0 Å². The highest BCUT2D eigenvalue weighted by Gasteiger charge is 2.13. The number of benzene rings is 1. The molecule has 2 heterocycles. The predicted molar refractivity (Wildman–Crippen MR) is 61.0 cm³/mol. The fourth-order valence-corrected chi connectivity index (χ4v) is 2.24. The first-order valence-corrected chi connectivity index (χ1v) is 5.11. The van der Waals surface area contributed by atoms with Gasteiger partial charge in [-0.25, -0.2) is 9.37 Å². The Kier molecular flexibility index (Phi) is 1.88. The minimum Gasteiger partial charge on any atom is -0.265 e. The van der Waals surface area contributed by atoms with Crippen molar-refractivity contribution >= 4 is 33.5 Å². The second-order valence-corrected chi connectivity index (χ2v) is 3.94. The predicted octanol–water partition coefficient (Wildman–Crippen LogP) is 2.91. The van der Waals surface area contributed by atoms with Crippen molar-refractivity contribution < 1.29 is 4.39 Å². The molecule has 0 amide bonds. The maximum Gasteiger partial charge on any atom is 0.134 e. The van der Waals surface area contributed by atoms with Gasteiger partial charge in [-0.05, 0) is 12.1 Å². The SMILES string of the molecule is Cn1ncc2nc3cccc(F)c3c(Cl)c21. The van der Waals surface area contributed by atoms with E-state index in [-0.39, 0.29) is 5.82 Å². The molecule has 16 heavy (non-hydrogen) atoms. The Labute approximate surface area is 95.5 Å². The third kappa shape index (κ3) is 1.13. The van der Waals surface area contributed by atoms with Gasteiger partial charge in [0.25, 0.3) is 0 Å². The molecule has 0 spiro atoms. The normalized spacial score (nSPS) is 11.4. The van der Waals surface area contributed by atoms with E-state index in [0.717, 1.165) is 0 Å². The van der Waals surface area contributed by atoms with Crippen molar-refractivity contribution in [2.75, 3.05) is 0 Å². The van der Waals surface area contributed by atoms with Crippen LogP contribution >= 0.6 is 11.6 Å². The summed E-state index contributed by atoms with van der Waals surface area (Å²) in [7, 11) is 1.75. The van der Waals surface area contributed by atoms with E-state index in [4.69, 9.17) is 11.6 Å². The van der Waals surface area contributed by atoms with Crippen LogP contribution in [0.5, 0.6) is 0 Å². The van der Waals surface area contributed by atoms with Crippen LogP contribution < -0.4 is 0 Å². The van der Waals surface area contributed by atoms with E-state index in [9.17, 15) is 4.39 Å². The van der Waals surface area contributed by atoms with E-state index in [1.807, 2.05) is 0 Å². The van der Waals surface area contributed by atoms with Crippen LogP contribution in [-0.4, -0.2) is 14.8 Å². The molecule has 0 saturated heterocycles. The third-order valence-electron chi connectivity index (χ3n) is 2.58. The minimum absolute atomic E-state index is 0.347. The zero-order chi connectivity index (χ0) is 11.3. The molecule has 1 aromatic carbocycles. The van der Waals surface area contributed by atoms with Gasteiger partial charge in [0.15, 0.2) is 0 Å². The summed E-state index contributed by atoms with van der Waals surface area (Å²) in [6.07, 6.45) is 1.62. The van der Waals surface area contributed by atoms with Crippen LogP contribution in [0.4, 0.5) is 4.39 Å². The van der Waals surface area contributed by atoms with Crippen LogP contribution in [0, 0.1) is 5.82 Å². The van der Waals surface area contributed by atoms with Crippen molar-refractivity contribution in [3.63, 3.8) is 0 Å². The van der Waals surface area contributed by atoms with Crippen LogP contribution in [0.3, 0.4) is 0 Å². The number of hydrogen-bond donors (Lipinski definition) is 0. The molecule has 0 saturated carbocycles. The maximum absolute atomic E-state index is 13.7. The minimum atomic E-state index is -0.363. The molecule has 0 atom stereocenters. The van der Waals surface area contributed by atoms with Crippen LogP contribution in [-0.2, 0) is 7.05 Å². The van der Waals surface area contributed by atoms with Crippen LogP contribution in [0.1, 0.15) is 0 Å². The van der Waals surface area contributed by atoms with Crippen molar-refractivity contribution in [2.45, 2.75) is 0 Å². The highest BCUT2D eigenvalue weighted by Crippen LogP contribution is 2.31. The number of aryl methyl sites for hydroxylation is 1. The molecule has 0 aliphatic heterocycles. The Morgan fingerprint density at radius 2 is 2.12 bits per heavy atom. The van der Waals surface area contributed by atoms with Gasteiger partial charge in [0, 0.05) is 7.05 Å². The fraction of sp³-hybridized carbons (Fsp3) is 0.0909. The topological polar surface area (TPSA) is 30.7 Å². The van der Waals surface area contributed by atoms with Gasteiger partial charge in [0.05, 0.1) is 22.1 Å². The largest absolute Gasteiger partial charge is 0.265 e. The summed E-state index contributed by atoms with van der Waals surface area (Å²) in [6.45, 7) is 0. The Balaban J connectivity index is 2.64. The van der Waals surface area contributed by atoms with Gasteiger partial charge in [-0.2, -0.15) is 5.10 Å². The van der Waals surface area contributed by atoms with Gasteiger partial charge in [-0.1, -0.05) is 17.7 Å². The zero-order valence-corrected chi connectivity index (χ0v) is 9.16. The Morgan fingerprint density at radius 1 is 1.31 bits per heavy atom. The summed E-state index contributed by atoms with van der Waals surface area (Å²) in [5, 5.41) is 4.76. The average Bonchev–Trinajstić information content (AvgIpc) is 2.60. The molecule has 0 aliphatic rings. The molecule has 80 valence electrons. The van der Waals surface area contributed by atoms with Gasteiger partial charge in [-0.3, -0.25) is 4.68 Å². The number of fused-ring (bicyclic) bond motifs is 2. The van der Waals surface area contributed by atoms with E-state index >= 15 is 0 Å². The second-order valence-electron chi connectivity index (χ2n) is 3.56. The number of pyridine rings is 1. The van der Waals surface area contributed by atoms with Crippen LogP contribution in [0.15, 0.2) is 24.4 Å². The smallest absolute Gasteiger partial charge is 0.134 e. The molecule has 5 heteroatoms. The lowest BCUT2D eigenvalue weighted by Gasteiger charge is -2.03. The number of hydrogen-bond acceptors (Lipinski definition) is 2. The molecular formula is C11H7ClFN3. The Bertz CT molecular complexity index is 705. The summed E-state index contributed by atoms with van der Waals surface area (Å²) in [5.74, 6) is -0.363. The first-order chi connectivity index (χ1) is 7.68. The van der Waals surface area contributed by atoms with Crippen molar-refractivity contribution in [2.24, 2.45) is 7.05 Å². The number of nitrogens with zero attached hydrogens (tertiary/aromatic N) is 3. The van der Waals surface area contributed by atoms with Gasteiger partial charge in [0.2, 0.25) is 0 Å². The molecule has 0 N–H and O–H groups in total. The summed E-state index contributed by atoms with van der Waals surface area (Å²) in [6, 6.07) is 4.72. The maximum atomic E-state index is 13.7. The van der Waals surface area contributed by atoms with Crippen LogP contribution in [0.2, 0.25) is 5.02 Å². The third-order valence-corrected chi connectivity index (χ3v) is 2.95. The molecule has 0 radical (unpaired) electrons. The molecule has 0 aliphatic carbocycles. The lowest BCUT2D eigenvalue weighted by atomic mass is 10.2. The molecular weight excluding hydrogens is 229 g/mol. The van der Waals surface area contributed by atoms with E-state index in [1.54, 1.807) is 30.1 Å². The first-order valence-electron chi connectivity index (χ1n) is 4.74. The number of halogens is 2. The Morgan fingerprint density at radius 3 is 2.94 bits per heavy atom. The summed E-state index contributed by atoms with van der Waals surface area (Å²) in [5.41, 5.74) is 1.87. The fourth-order valence-electron chi connectivity index (χ4n) is 1.83. The Hall–Kier alpha value is -1.68. The lowest BCUT2D eigenvalue weighted by Crippen LogP contribution is -1.92. The van der Waals surface area contributed by atoms with E-state index < -0.39 is 0 Å². The van der Waals surface area contributed by atoms with Gasteiger partial charge in [0.1, 0.15) is 16.9 Å². The quantitative estimate of drug-likeness (QED) is 0.600. The number of rotatable bonds is 0. The summed E-state index contributed by atoms with van der Waals surface area (Å²) < 4.78 is 15.3. The van der Waals surface area contributed by atoms with Gasteiger partial charge in [-0.15, -0.1) is 0 Å². The van der Waals surface area contributed by atoms with Crippen molar-refractivity contribution in [3.05, 3.63) is 35.2 Å². The molecule has 0 unspecified atom stereocenters. The van der Waals surface area contributed by atoms with Crippen molar-refractivity contribution in [3.8, 4) is 0 Å². The van der Waals surface area contributed by atoms with E-state index in [0.29, 0.717) is 27.0 Å². The van der Waals surface area contributed by atoms with Crippen molar-refractivity contribution in [1.82, 2.24) is 14.8 Å².